The van der Waals surface area contributed by atoms with E-state index in [1.165, 1.54) is 6.07 Å². The summed E-state index contributed by atoms with van der Waals surface area (Å²) in [4.78, 5) is 4.19. The lowest BCUT2D eigenvalue weighted by Gasteiger charge is -2.10. The molecule has 100 valence electrons. The minimum Gasteiger partial charge on any atom is -0.247 e. The topological polar surface area (TPSA) is 12.9 Å². The minimum absolute atomic E-state index is 0.0126. The molecule has 0 spiro atoms. The molecule has 0 aliphatic heterocycles. The van der Waals surface area contributed by atoms with E-state index in [1.54, 1.807) is 18.2 Å². The van der Waals surface area contributed by atoms with Gasteiger partial charge in [0, 0.05) is 10.9 Å². The van der Waals surface area contributed by atoms with E-state index < -0.39 is 11.7 Å². The highest BCUT2D eigenvalue weighted by atomic mass is 19.4. The van der Waals surface area contributed by atoms with E-state index in [2.05, 4.69) is 4.98 Å². The fraction of sp³-hybridized carbons (Fsp3) is 0.0625. The first kappa shape index (κ1) is 12.7. The molecule has 0 N–H and O–H groups in total. The molecular formula is C16H10F3N. The highest BCUT2D eigenvalue weighted by Crippen LogP contribution is 2.34. The number of hydrogen-bond acceptors (Lipinski definition) is 1. The average molecular weight is 273 g/mol. The van der Waals surface area contributed by atoms with Crippen LogP contribution in [0.4, 0.5) is 13.2 Å². The van der Waals surface area contributed by atoms with Crippen molar-refractivity contribution in [2.24, 2.45) is 0 Å². The van der Waals surface area contributed by atoms with Crippen LogP contribution in [0.25, 0.3) is 22.2 Å². The number of para-hydroxylation sites is 1. The summed E-state index contributed by atoms with van der Waals surface area (Å²) in [5.74, 6) is 0. The first-order valence-electron chi connectivity index (χ1n) is 6.08. The molecule has 0 radical (unpaired) electrons. The SMILES string of the molecule is FC(F)(F)c1cccc2ccc(-c3ccccc3)nc12. The van der Waals surface area contributed by atoms with Crippen molar-refractivity contribution in [3.05, 3.63) is 66.2 Å². The smallest absolute Gasteiger partial charge is 0.247 e. The summed E-state index contributed by atoms with van der Waals surface area (Å²) in [7, 11) is 0. The van der Waals surface area contributed by atoms with Crippen molar-refractivity contribution in [3.63, 3.8) is 0 Å². The molecule has 4 heteroatoms. The van der Waals surface area contributed by atoms with Gasteiger partial charge >= 0.3 is 6.18 Å². The maximum atomic E-state index is 13.0. The first-order chi connectivity index (χ1) is 9.55. The molecule has 0 fully saturated rings. The molecule has 3 aromatic rings. The number of hydrogen-bond donors (Lipinski definition) is 0. The fourth-order valence-corrected chi connectivity index (χ4v) is 2.15. The number of aromatic nitrogens is 1. The fourth-order valence-electron chi connectivity index (χ4n) is 2.15. The standard InChI is InChI=1S/C16H10F3N/c17-16(18,19)13-8-4-7-12-9-10-14(20-15(12)13)11-5-2-1-3-6-11/h1-10H. The Hall–Kier alpha value is -2.36. The van der Waals surface area contributed by atoms with Gasteiger partial charge in [0.1, 0.15) is 0 Å². The Labute approximate surface area is 113 Å². The van der Waals surface area contributed by atoms with Gasteiger partial charge in [-0.05, 0) is 12.1 Å². The van der Waals surface area contributed by atoms with Gasteiger partial charge < -0.3 is 0 Å². The lowest BCUT2D eigenvalue weighted by molar-refractivity contribution is -0.136. The predicted octanol–water partition coefficient (Wildman–Crippen LogP) is 4.92. The number of pyridine rings is 1. The maximum Gasteiger partial charge on any atom is 0.418 e. The Bertz CT molecular complexity index is 749. The summed E-state index contributed by atoms with van der Waals surface area (Å²) in [6, 6.07) is 16.7. The third kappa shape index (κ3) is 2.25. The summed E-state index contributed by atoms with van der Waals surface area (Å²) >= 11 is 0. The van der Waals surface area contributed by atoms with Crippen molar-refractivity contribution < 1.29 is 13.2 Å². The molecular weight excluding hydrogens is 263 g/mol. The van der Waals surface area contributed by atoms with Crippen LogP contribution >= 0.6 is 0 Å². The predicted molar refractivity (Wildman–Crippen MR) is 72.2 cm³/mol. The highest BCUT2D eigenvalue weighted by molar-refractivity contribution is 5.84. The summed E-state index contributed by atoms with van der Waals surface area (Å²) in [5, 5.41) is 0.486. The normalized spacial score (nSPS) is 11.8. The van der Waals surface area contributed by atoms with Gasteiger partial charge in [-0.1, -0.05) is 48.5 Å². The third-order valence-electron chi connectivity index (χ3n) is 3.10. The van der Waals surface area contributed by atoms with Gasteiger partial charge in [0.05, 0.1) is 16.8 Å². The molecule has 3 rings (SSSR count). The monoisotopic (exact) mass is 273 g/mol. The van der Waals surface area contributed by atoms with E-state index in [9.17, 15) is 13.2 Å². The van der Waals surface area contributed by atoms with Crippen LogP contribution in [0.5, 0.6) is 0 Å². The van der Waals surface area contributed by atoms with Gasteiger partial charge in [0.2, 0.25) is 0 Å². The zero-order chi connectivity index (χ0) is 14.2. The van der Waals surface area contributed by atoms with Crippen LogP contribution in [0, 0.1) is 0 Å². The third-order valence-corrected chi connectivity index (χ3v) is 3.10. The van der Waals surface area contributed by atoms with Crippen LogP contribution in [0.15, 0.2) is 60.7 Å². The number of nitrogens with zero attached hydrogens (tertiary/aromatic N) is 1. The summed E-state index contributed by atoms with van der Waals surface area (Å²) in [6.07, 6.45) is -4.40. The molecule has 0 amide bonds. The van der Waals surface area contributed by atoms with E-state index in [1.807, 2.05) is 30.3 Å². The van der Waals surface area contributed by atoms with Gasteiger partial charge in [0.25, 0.3) is 0 Å². The molecule has 0 aliphatic carbocycles. The Morgan fingerprint density at radius 3 is 2.20 bits per heavy atom. The van der Waals surface area contributed by atoms with E-state index in [0.717, 1.165) is 11.6 Å². The number of rotatable bonds is 1. The second kappa shape index (κ2) is 4.63. The van der Waals surface area contributed by atoms with E-state index in [0.29, 0.717) is 11.1 Å². The van der Waals surface area contributed by atoms with Crippen molar-refractivity contribution in [1.29, 1.82) is 0 Å². The summed E-state index contributed by atoms with van der Waals surface area (Å²) < 4.78 is 39.0. The maximum absolute atomic E-state index is 13.0. The van der Waals surface area contributed by atoms with Crippen molar-refractivity contribution in [3.8, 4) is 11.3 Å². The zero-order valence-electron chi connectivity index (χ0n) is 10.4. The van der Waals surface area contributed by atoms with E-state index in [4.69, 9.17) is 0 Å². The van der Waals surface area contributed by atoms with E-state index in [-0.39, 0.29) is 5.52 Å². The Morgan fingerprint density at radius 2 is 1.50 bits per heavy atom. The molecule has 20 heavy (non-hydrogen) atoms. The lowest BCUT2D eigenvalue weighted by atomic mass is 10.1. The van der Waals surface area contributed by atoms with Crippen molar-refractivity contribution in [2.45, 2.75) is 6.18 Å². The number of fused-ring (bicyclic) bond motifs is 1. The summed E-state index contributed by atoms with van der Waals surface area (Å²) in [6.45, 7) is 0. The highest BCUT2D eigenvalue weighted by Gasteiger charge is 2.33. The van der Waals surface area contributed by atoms with E-state index >= 15 is 0 Å². The molecule has 0 unspecified atom stereocenters. The van der Waals surface area contributed by atoms with Gasteiger partial charge in [-0.25, -0.2) is 4.98 Å². The van der Waals surface area contributed by atoms with Crippen LogP contribution in [-0.4, -0.2) is 4.98 Å². The molecule has 0 aliphatic rings. The molecule has 2 aromatic carbocycles. The largest absolute Gasteiger partial charge is 0.418 e. The minimum atomic E-state index is -4.40. The number of halogens is 3. The molecule has 0 bridgehead atoms. The van der Waals surface area contributed by atoms with Crippen LogP contribution < -0.4 is 0 Å². The van der Waals surface area contributed by atoms with Crippen molar-refractivity contribution in [2.75, 3.05) is 0 Å². The molecule has 1 aromatic heterocycles. The van der Waals surface area contributed by atoms with Crippen LogP contribution in [0.2, 0.25) is 0 Å². The van der Waals surface area contributed by atoms with Gasteiger partial charge in [-0.15, -0.1) is 0 Å². The van der Waals surface area contributed by atoms with Crippen molar-refractivity contribution >= 4 is 10.9 Å². The first-order valence-corrected chi connectivity index (χ1v) is 6.08. The number of alkyl halides is 3. The second-order valence-electron chi connectivity index (χ2n) is 4.44. The summed E-state index contributed by atoms with van der Waals surface area (Å²) in [5.41, 5.74) is 0.621. The molecule has 0 saturated carbocycles. The molecule has 0 atom stereocenters. The van der Waals surface area contributed by atoms with Crippen molar-refractivity contribution in [1.82, 2.24) is 4.98 Å². The van der Waals surface area contributed by atoms with Gasteiger partial charge in [0.15, 0.2) is 0 Å². The number of benzene rings is 2. The van der Waals surface area contributed by atoms with Crippen LogP contribution in [0.1, 0.15) is 5.56 Å². The van der Waals surface area contributed by atoms with Crippen LogP contribution in [-0.2, 0) is 6.18 Å². The Morgan fingerprint density at radius 1 is 0.750 bits per heavy atom. The molecule has 1 nitrogen and oxygen atoms in total. The Balaban J connectivity index is 2.25. The second-order valence-corrected chi connectivity index (χ2v) is 4.44. The molecule has 0 saturated heterocycles. The average Bonchev–Trinajstić information content (AvgIpc) is 2.46. The lowest BCUT2D eigenvalue weighted by Crippen LogP contribution is -2.06. The zero-order valence-corrected chi connectivity index (χ0v) is 10.4. The molecule has 1 heterocycles. The Kier molecular flexibility index (Phi) is 2.93. The van der Waals surface area contributed by atoms with Crippen LogP contribution in [0.3, 0.4) is 0 Å². The van der Waals surface area contributed by atoms with Gasteiger partial charge in [-0.2, -0.15) is 13.2 Å². The quantitative estimate of drug-likeness (QED) is 0.613. The van der Waals surface area contributed by atoms with Gasteiger partial charge in [-0.3, -0.25) is 0 Å².